The molecule has 2 aliphatic rings. The van der Waals surface area contributed by atoms with E-state index in [0.29, 0.717) is 5.56 Å². The summed E-state index contributed by atoms with van der Waals surface area (Å²) in [5, 5.41) is 5.66. The van der Waals surface area contributed by atoms with E-state index in [4.69, 9.17) is 5.73 Å². The van der Waals surface area contributed by atoms with Gasteiger partial charge in [0.15, 0.2) is 11.2 Å². The van der Waals surface area contributed by atoms with Crippen molar-refractivity contribution < 1.29 is 9.59 Å². The molecular weight excluding hydrogens is 374 g/mol. The number of nitrogens with zero attached hydrogens (tertiary/aromatic N) is 4. The molecule has 2 amide bonds. The fourth-order valence-corrected chi connectivity index (χ4v) is 5.55. The van der Waals surface area contributed by atoms with Crippen molar-refractivity contribution in [3.8, 4) is 0 Å². The third-order valence-corrected chi connectivity index (χ3v) is 6.80. The zero-order valence-corrected chi connectivity index (χ0v) is 16.6. The summed E-state index contributed by atoms with van der Waals surface area (Å²) in [5.74, 6) is -0.753. The van der Waals surface area contributed by atoms with Crippen LogP contribution in [0.4, 0.5) is 0 Å². The normalized spacial score (nSPS) is 20.1. The first-order valence-electron chi connectivity index (χ1n) is 9.96. The topological polar surface area (TPSA) is 102 Å². The van der Waals surface area contributed by atoms with E-state index >= 15 is 0 Å². The second-order valence-electron chi connectivity index (χ2n) is 7.76. The van der Waals surface area contributed by atoms with Crippen LogP contribution in [0.1, 0.15) is 67.4 Å². The monoisotopic (exact) mass is 399 g/mol. The summed E-state index contributed by atoms with van der Waals surface area (Å²) in [7, 11) is 0. The SMILES string of the molecule is NC(=O)C(c1cccnc1)(C1CCCC1)N(C(=O)c1csnn1)C1CCCC1. The van der Waals surface area contributed by atoms with Gasteiger partial charge in [-0.15, -0.1) is 5.10 Å². The van der Waals surface area contributed by atoms with E-state index in [0.717, 1.165) is 62.9 Å². The van der Waals surface area contributed by atoms with Crippen molar-refractivity contribution in [2.24, 2.45) is 11.7 Å². The lowest BCUT2D eigenvalue weighted by Gasteiger charge is -2.48. The molecule has 0 saturated heterocycles. The zero-order chi connectivity index (χ0) is 19.6. The third-order valence-electron chi connectivity index (χ3n) is 6.29. The van der Waals surface area contributed by atoms with Crippen LogP contribution in [-0.4, -0.2) is 37.3 Å². The minimum atomic E-state index is -1.21. The second kappa shape index (κ2) is 7.95. The van der Waals surface area contributed by atoms with Crippen LogP contribution >= 0.6 is 11.5 Å². The van der Waals surface area contributed by atoms with Gasteiger partial charge in [-0.3, -0.25) is 14.6 Å². The van der Waals surface area contributed by atoms with Gasteiger partial charge in [-0.2, -0.15) is 0 Å². The second-order valence-corrected chi connectivity index (χ2v) is 8.37. The fourth-order valence-electron chi connectivity index (χ4n) is 5.12. The van der Waals surface area contributed by atoms with E-state index in [1.54, 1.807) is 22.7 Å². The zero-order valence-electron chi connectivity index (χ0n) is 15.8. The Hall–Kier alpha value is -2.35. The number of pyridine rings is 1. The predicted molar refractivity (Wildman–Crippen MR) is 105 cm³/mol. The molecule has 2 fully saturated rings. The third kappa shape index (κ3) is 3.09. The van der Waals surface area contributed by atoms with E-state index in [9.17, 15) is 9.59 Å². The number of hydrogen-bond acceptors (Lipinski definition) is 6. The summed E-state index contributed by atoms with van der Waals surface area (Å²) in [6.07, 6.45) is 11.0. The highest BCUT2D eigenvalue weighted by atomic mass is 32.1. The summed E-state index contributed by atoms with van der Waals surface area (Å²) < 4.78 is 3.87. The molecule has 7 nitrogen and oxygen atoms in total. The molecule has 0 bridgehead atoms. The molecule has 2 saturated carbocycles. The van der Waals surface area contributed by atoms with Gasteiger partial charge in [0.25, 0.3) is 5.91 Å². The molecule has 2 aromatic heterocycles. The van der Waals surface area contributed by atoms with Crippen molar-refractivity contribution in [2.45, 2.75) is 62.9 Å². The summed E-state index contributed by atoms with van der Waals surface area (Å²) >= 11 is 1.14. The number of rotatable bonds is 6. The molecule has 0 spiro atoms. The molecule has 1 atom stereocenters. The molecule has 0 aliphatic heterocycles. The average molecular weight is 400 g/mol. The van der Waals surface area contributed by atoms with Crippen LogP contribution in [-0.2, 0) is 10.3 Å². The van der Waals surface area contributed by atoms with Crippen molar-refractivity contribution in [2.75, 3.05) is 0 Å². The molecule has 4 rings (SSSR count). The van der Waals surface area contributed by atoms with Crippen LogP contribution in [0.15, 0.2) is 29.9 Å². The van der Waals surface area contributed by atoms with Gasteiger partial charge in [0, 0.05) is 29.4 Å². The van der Waals surface area contributed by atoms with Crippen molar-refractivity contribution >= 4 is 23.3 Å². The fraction of sp³-hybridized carbons (Fsp3) is 0.550. The average Bonchev–Trinajstić information content (AvgIpc) is 3.49. The number of amides is 2. The van der Waals surface area contributed by atoms with Gasteiger partial charge in [0.1, 0.15) is 0 Å². The Kier molecular flexibility index (Phi) is 5.39. The molecule has 1 unspecified atom stereocenters. The molecule has 0 aromatic carbocycles. The first kappa shape index (κ1) is 19.0. The largest absolute Gasteiger partial charge is 0.367 e. The van der Waals surface area contributed by atoms with Crippen LogP contribution in [0.2, 0.25) is 0 Å². The minimum Gasteiger partial charge on any atom is -0.367 e. The van der Waals surface area contributed by atoms with Crippen LogP contribution in [0, 0.1) is 5.92 Å². The molecule has 8 heteroatoms. The first-order valence-corrected chi connectivity index (χ1v) is 10.8. The Labute approximate surface area is 168 Å². The molecule has 2 heterocycles. The lowest BCUT2D eigenvalue weighted by atomic mass is 9.74. The van der Waals surface area contributed by atoms with Gasteiger partial charge < -0.3 is 10.6 Å². The van der Waals surface area contributed by atoms with Gasteiger partial charge in [0.05, 0.1) is 0 Å². The molecule has 2 aliphatic carbocycles. The predicted octanol–water partition coefficient (Wildman–Crippen LogP) is 2.89. The smallest absolute Gasteiger partial charge is 0.276 e. The van der Waals surface area contributed by atoms with E-state index in [-0.39, 0.29) is 23.6 Å². The molecule has 28 heavy (non-hydrogen) atoms. The van der Waals surface area contributed by atoms with Gasteiger partial charge in [-0.25, -0.2) is 0 Å². The van der Waals surface area contributed by atoms with E-state index in [1.165, 1.54) is 0 Å². The number of primary amides is 1. The van der Waals surface area contributed by atoms with Crippen molar-refractivity contribution in [3.63, 3.8) is 0 Å². The standard InChI is InChI=1S/C20H25N5O2S/c21-19(27)20(14-6-1-2-7-14,15-8-5-11-22-12-15)25(16-9-3-4-10-16)18(26)17-13-28-24-23-17/h5,8,11-14,16H,1-4,6-7,9-10H2,(H2,21,27). The molecule has 148 valence electrons. The highest BCUT2D eigenvalue weighted by Crippen LogP contribution is 2.47. The van der Waals surface area contributed by atoms with Crippen molar-refractivity contribution in [1.82, 2.24) is 19.5 Å². The number of hydrogen-bond donors (Lipinski definition) is 1. The first-order chi connectivity index (χ1) is 13.7. The van der Waals surface area contributed by atoms with E-state index in [1.807, 2.05) is 12.1 Å². The quantitative estimate of drug-likeness (QED) is 0.805. The number of aromatic nitrogens is 3. The minimum absolute atomic E-state index is 0.0228. The highest BCUT2D eigenvalue weighted by Gasteiger charge is 2.55. The lowest BCUT2D eigenvalue weighted by molar-refractivity contribution is -0.135. The van der Waals surface area contributed by atoms with Crippen molar-refractivity contribution in [3.05, 3.63) is 41.2 Å². The number of nitrogens with two attached hydrogens (primary N) is 1. The maximum Gasteiger partial charge on any atom is 0.276 e. The Morgan fingerprint density at radius 3 is 2.43 bits per heavy atom. The Bertz CT molecular complexity index is 816. The van der Waals surface area contributed by atoms with Gasteiger partial charge in [-0.05, 0) is 49.2 Å². The summed E-state index contributed by atoms with van der Waals surface area (Å²) in [6, 6.07) is 3.65. The van der Waals surface area contributed by atoms with Gasteiger partial charge >= 0.3 is 0 Å². The van der Waals surface area contributed by atoms with Crippen molar-refractivity contribution in [1.29, 1.82) is 0 Å². The maximum absolute atomic E-state index is 13.7. The maximum atomic E-state index is 13.7. The molecule has 2 aromatic rings. The number of carbonyl (C=O) groups excluding carboxylic acids is 2. The highest BCUT2D eigenvalue weighted by molar-refractivity contribution is 7.03. The summed E-state index contributed by atoms with van der Waals surface area (Å²) in [4.78, 5) is 33.0. The summed E-state index contributed by atoms with van der Waals surface area (Å²) in [5.41, 5.74) is 5.93. The molecular formula is C20H25N5O2S. The van der Waals surface area contributed by atoms with Gasteiger partial charge in [-0.1, -0.05) is 36.2 Å². The van der Waals surface area contributed by atoms with Crippen LogP contribution in [0.25, 0.3) is 0 Å². The van der Waals surface area contributed by atoms with E-state index < -0.39 is 11.4 Å². The Morgan fingerprint density at radius 2 is 1.86 bits per heavy atom. The van der Waals surface area contributed by atoms with Gasteiger partial charge in [0.2, 0.25) is 5.91 Å². The van der Waals surface area contributed by atoms with E-state index in [2.05, 4.69) is 14.6 Å². The lowest BCUT2D eigenvalue weighted by Crippen LogP contribution is -2.63. The van der Waals surface area contributed by atoms with Crippen LogP contribution < -0.4 is 5.73 Å². The Morgan fingerprint density at radius 1 is 1.14 bits per heavy atom. The summed E-state index contributed by atoms with van der Waals surface area (Å²) in [6.45, 7) is 0. The molecule has 2 N–H and O–H groups in total. The van der Waals surface area contributed by atoms with Crippen LogP contribution in [0.5, 0.6) is 0 Å². The number of carbonyl (C=O) groups is 2. The Balaban J connectivity index is 1.92. The molecule has 0 radical (unpaired) electrons. The van der Waals surface area contributed by atoms with Crippen LogP contribution in [0.3, 0.4) is 0 Å².